The smallest absolute Gasteiger partial charge is 0.142 e. The zero-order chi connectivity index (χ0) is 11.6. The zero-order valence-corrected chi connectivity index (χ0v) is 9.55. The van der Waals surface area contributed by atoms with Gasteiger partial charge < -0.3 is 10.8 Å². The fourth-order valence-electron chi connectivity index (χ4n) is 1.25. The predicted molar refractivity (Wildman–Crippen MR) is 59.2 cm³/mol. The Hall–Kier alpha value is -0.640. The number of aliphatic hydroxyl groups excluding tert-OH is 1. The third-order valence-corrected chi connectivity index (χ3v) is 2.83. The Balaban J connectivity index is 3.02. The van der Waals surface area contributed by atoms with Crippen LogP contribution in [0.25, 0.3) is 0 Å². The first-order chi connectivity index (χ1) is 6.88. The summed E-state index contributed by atoms with van der Waals surface area (Å²) >= 11 is 5.55. The average molecular weight is 232 g/mol. The van der Waals surface area contributed by atoms with Crippen LogP contribution < -0.4 is 5.73 Å². The normalized spacial score (nSPS) is 14.0. The summed E-state index contributed by atoms with van der Waals surface area (Å²) in [7, 11) is 0. The molecule has 0 radical (unpaired) electrons. The lowest BCUT2D eigenvalue weighted by Gasteiger charge is -2.29. The Morgan fingerprint density at radius 3 is 2.60 bits per heavy atom. The molecule has 1 rings (SSSR count). The first-order valence-corrected chi connectivity index (χ1v) is 5.09. The highest BCUT2D eigenvalue weighted by Crippen LogP contribution is 2.33. The monoisotopic (exact) mass is 231 g/mol. The van der Waals surface area contributed by atoms with Crippen molar-refractivity contribution >= 4 is 11.6 Å². The summed E-state index contributed by atoms with van der Waals surface area (Å²) in [4.78, 5) is 0. The van der Waals surface area contributed by atoms with E-state index in [-0.39, 0.29) is 5.02 Å². The van der Waals surface area contributed by atoms with E-state index in [4.69, 9.17) is 17.3 Å². The Morgan fingerprint density at radius 2 is 2.13 bits per heavy atom. The van der Waals surface area contributed by atoms with Crippen molar-refractivity contribution in [1.29, 1.82) is 0 Å². The number of rotatable bonds is 3. The van der Waals surface area contributed by atoms with E-state index in [1.54, 1.807) is 6.07 Å². The van der Waals surface area contributed by atoms with E-state index in [1.807, 2.05) is 13.8 Å². The van der Waals surface area contributed by atoms with Crippen LogP contribution in [0.5, 0.6) is 0 Å². The lowest BCUT2D eigenvalue weighted by atomic mass is 9.83. The summed E-state index contributed by atoms with van der Waals surface area (Å²) in [5.74, 6) is -0.527. The van der Waals surface area contributed by atoms with Gasteiger partial charge >= 0.3 is 0 Å². The number of benzene rings is 1. The molecular formula is C11H15ClFNO. The summed E-state index contributed by atoms with van der Waals surface area (Å²) < 4.78 is 13.2. The summed E-state index contributed by atoms with van der Waals surface area (Å²) in [6.07, 6.45) is -0.797. The van der Waals surface area contributed by atoms with Crippen LogP contribution in [-0.4, -0.2) is 11.7 Å². The van der Waals surface area contributed by atoms with E-state index in [0.29, 0.717) is 12.1 Å². The fraction of sp³-hybridized carbons (Fsp3) is 0.455. The second kappa shape index (κ2) is 4.47. The molecule has 2 nitrogen and oxygen atoms in total. The van der Waals surface area contributed by atoms with Crippen molar-refractivity contribution in [3.63, 3.8) is 0 Å². The topological polar surface area (TPSA) is 46.2 Å². The first kappa shape index (κ1) is 12.4. The van der Waals surface area contributed by atoms with E-state index < -0.39 is 17.3 Å². The largest absolute Gasteiger partial charge is 0.388 e. The number of nitrogens with two attached hydrogens (primary N) is 1. The van der Waals surface area contributed by atoms with Crippen LogP contribution in [0.1, 0.15) is 25.5 Å². The molecule has 84 valence electrons. The van der Waals surface area contributed by atoms with Crippen LogP contribution in [0.2, 0.25) is 5.02 Å². The van der Waals surface area contributed by atoms with Crippen molar-refractivity contribution < 1.29 is 9.50 Å². The van der Waals surface area contributed by atoms with Gasteiger partial charge in [-0.2, -0.15) is 0 Å². The molecule has 0 aliphatic carbocycles. The maximum atomic E-state index is 13.2. The fourth-order valence-corrected chi connectivity index (χ4v) is 1.36. The summed E-state index contributed by atoms with van der Waals surface area (Å²) in [6, 6.07) is 4.28. The van der Waals surface area contributed by atoms with Crippen LogP contribution in [-0.2, 0) is 0 Å². The highest BCUT2D eigenvalue weighted by atomic mass is 35.5. The molecule has 0 heterocycles. The lowest BCUT2D eigenvalue weighted by Crippen LogP contribution is -2.30. The van der Waals surface area contributed by atoms with Gasteiger partial charge in [-0.3, -0.25) is 0 Å². The second-order valence-electron chi connectivity index (χ2n) is 4.27. The molecule has 0 aliphatic heterocycles. The SMILES string of the molecule is CC(C)(CN)C(O)c1ccc(Cl)c(F)c1. The molecule has 0 bridgehead atoms. The van der Waals surface area contributed by atoms with Crippen LogP contribution in [0.15, 0.2) is 18.2 Å². The molecule has 15 heavy (non-hydrogen) atoms. The summed E-state index contributed by atoms with van der Waals surface area (Å²) in [5.41, 5.74) is 5.54. The van der Waals surface area contributed by atoms with Crippen molar-refractivity contribution in [3.05, 3.63) is 34.6 Å². The quantitative estimate of drug-likeness (QED) is 0.840. The molecule has 4 heteroatoms. The number of aliphatic hydroxyl groups is 1. The van der Waals surface area contributed by atoms with Gasteiger partial charge in [-0.05, 0) is 17.7 Å². The van der Waals surface area contributed by atoms with Crippen LogP contribution in [0.3, 0.4) is 0 Å². The number of halogens is 2. The molecule has 1 atom stereocenters. The van der Waals surface area contributed by atoms with Gasteiger partial charge in [-0.15, -0.1) is 0 Å². The molecule has 0 saturated carbocycles. The molecule has 0 aromatic heterocycles. The van der Waals surface area contributed by atoms with E-state index >= 15 is 0 Å². The maximum absolute atomic E-state index is 13.2. The minimum atomic E-state index is -0.797. The van der Waals surface area contributed by atoms with Gasteiger partial charge in [0, 0.05) is 12.0 Å². The molecule has 3 N–H and O–H groups in total. The average Bonchev–Trinajstić information content (AvgIpc) is 2.21. The van der Waals surface area contributed by atoms with E-state index in [9.17, 15) is 9.50 Å². The van der Waals surface area contributed by atoms with Gasteiger partial charge in [0.25, 0.3) is 0 Å². The maximum Gasteiger partial charge on any atom is 0.142 e. The number of hydrogen-bond acceptors (Lipinski definition) is 2. The molecular weight excluding hydrogens is 217 g/mol. The molecule has 1 aromatic rings. The van der Waals surface area contributed by atoms with Gasteiger partial charge in [0.15, 0.2) is 0 Å². The van der Waals surface area contributed by atoms with Crippen LogP contribution >= 0.6 is 11.6 Å². The van der Waals surface area contributed by atoms with Crippen molar-refractivity contribution in [2.45, 2.75) is 20.0 Å². The summed E-state index contributed by atoms with van der Waals surface area (Å²) in [6.45, 7) is 3.97. The molecule has 0 saturated heterocycles. The molecule has 1 unspecified atom stereocenters. The van der Waals surface area contributed by atoms with E-state index in [2.05, 4.69) is 0 Å². The standard InChI is InChI=1S/C11H15ClFNO/c1-11(2,6-14)10(15)7-3-4-8(12)9(13)5-7/h3-5,10,15H,6,14H2,1-2H3. The minimum Gasteiger partial charge on any atom is -0.388 e. The molecule has 1 aromatic carbocycles. The highest BCUT2D eigenvalue weighted by molar-refractivity contribution is 6.30. The lowest BCUT2D eigenvalue weighted by molar-refractivity contribution is 0.0553. The van der Waals surface area contributed by atoms with Gasteiger partial charge in [-0.25, -0.2) is 4.39 Å². The van der Waals surface area contributed by atoms with Crippen LogP contribution in [0.4, 0.5) is 4.39 Å². The van der Waals surface area contributed by atoms with Crippen molar-refractivity contribution in [3.8, 4) is 0 Å². The molecule has 0 spiro atoms. The van der Waals surface area contributed by atoms with E-state index in [0.717, 1.165) is 0 Å². The third kappa shape index (κ3) is 2.68. The van der Waals surface area contributed by atoms with Gasteiger partial charge in [0.05, 0.1) is 11.1 Å². The Labute approximate surface area is 93.9 Å². The van der Waals surface area contributed by atoms with Gasteiger partial charge in [0.2, 0.25) is 0 Å². The van der Waals surface area contributed by atoms with E-state index in [1.165, 1.54) is 12.1 Å². The van der Waals surface area contributed by atoms with Crippen molar-refractivity contribution in [2.24, 2.45) is 11.1 Å². The molecule has 0 aliphatic rings. The van der Waals surface area contributed by atoms with Gasteiger partial charge in [-0.1, -0.05) is 31.5 Å². The van der Waals surface area contributed by atoms with Crippen molar-refractivity contribution in [1.82, 2.24) is 0 Å². The molecule has 0 fully saturated rings. The third-order valence-electron chi connectivity index (χ3n) is 2.53. The first-order valence-electron chi connectivity index (χ1n) is 4.71. The second-order valence-corrected chi connectivity index (χ2v) is 4.68. The highest BCUT2D eigenvalue weighted by Gasteiger charge is 2.27. The Kier molecular flexibility index (Phi) is 3.71. The summed E-state index contributed by atoms with van der Waals surface area (Å²) in [5, 5.41) is 10.0. The van der Waals surface area contributed by atoms with Crippen molar-refractivity contribution in [2.75, 3.05) is 6.54 Å². The van der Waals surface area contributed by atoms with Gasteiger partial charge in [0.1, 0.15) is 5.82 Å². The number of hydrogen-bond donors (Lipinski definition) is 2. The molecule has 0 amide bonds. The Morgan fingerprint density at radius 1 is 1.53 bits per heavy atom. The zero-order valence-electron chi connectivity index (χ0n) is 8.80. The predicted octanol–water partition coefficient (Wildman–Crippen LogP) is 2.50. The van der Waals surface area contributed by atoms with Crippen LogP contribution in [0, 0.1) is 11.2 Å². The Bertz CT molecular complexity index is 354. The minimum absolute atomic E-state index is 0.0523.